The maximum atomic E-state index is 9.24. The first kappa shape index (κ1) is 13.6. The molecule has 2 aromatic rings. The first-order valence-corrected chi connectivity index (χ1v) is 6.21. The lowest BCUT2D eigenvalue weighted by molar-refractivity contribution is 0.892. The van der Waals surface area contributed by atoms with E-state index in [2.05, 4.69) is 17.1 Å². The quantitative estimate of drug-likeness (QED) is 0.853. The summed E-state index contributed by atoms with van der Waals surface area (Å²) in [6.45, 7) is 2.49. The normalized spacial score (nSPS) is 9.60. The first-order chi connectivity index (χ1) is 9.65. The van der Waals surface area contributed by atoms with Gasteiger partial charge in [0.2, 0.25) is 0 Å². The summed E-state index contributed by atoms with van der Waals surface area (Å²) in [5, 5.41) is 18.1. The summed E-state index contributed by atoms with van der Waals surface area (Å²) in [6.07, 6.45) is 1.70. The Bertz CT molecular complexity index is 707. The number of nitriles is 2. The number of hydrogen-bond donors (Lipinski definition) is 0. The van der Waals surface area contributed by atoms with Crippen LogP contribution in [0, 0.1) is 29.6 Å². The number of aryl methyl sites for hydroxylation is 1. The fraction of sp³-hybridized carbons (Fsp3) is 0.188. The molecule has 1 heterocycles. The molecule has 0 saturated heterocycles. The third-order valence-electron chi connectivity index (χ3n) is 3.09. The molecule has 4 nitrogen and oxygen atoms in total. The van der Waals surface area contributed by atoms with Crippen LogP contribution in [0.15, 0.2) is 36.5 Å². The number of nitrogens with zero attached hydrogens (tertiary/aromatic N) is 4. The monoisotopic (exact) mass is 262 g/mol. The minimum absolute atomic E-state index is 0.589. The predicted molar refractivity (Wildman–Crippen MR) is 77.0 cm³/mol. The zero-order valence-corrected chi connectivity index (χ0v) is 11.5. The van der Waals surface area contributed by atoms with E-state index in [1.807, 2.05) is 43.1 Å². The molecule has 2 rings (SSSR count). The molecule has 1 aromatic heterocycles. The highest BCUT2D eigenvalue weighted by atomic mass is 15.2. The number of anilines is 1. The van der Waals surface area contributed by atoms with Crippen molar-refractivity contribution in [2.24, 2.45) is 0 Å². The van der Waals surface area contributed by atoms with Gasteiger partial charge in [0.05, 0.1) is 17.2 Å². The van der Waals surface area contributed by atoms with Crippen LogP contribution >= 0.6 is 0 Å². The maximum Gasteiger partial charge on any atom is 0.146 e. The number of hydrogen-bond acceptors (Lipinski definition) is 4. The van der Waals surface area contributed by atoms with Crippen molar-refractivity contribution >= 4 is 5.82 Å². The highest BCUT2D eigenvalue weighted by Crippen LogP contribution is 2.20. The molecule has 0 N–H and O–H groups in total. The smallest absolute Gasteiger partial charge is 0.146 e. The lowest BCUT2D eigenvalue weighted by atomic mass is 10.1. The minimum atomic E-state index is 0.589. The Kier molecular flexibility index (Phi) is 3.98. The Balaban J connectivity index is 2.29. The fourth-order valence-electron chi connectivity index (χ4n) is 2.06. The summed E-state index contributed by atoms with van der Waals surface area (Å²) in [4.78, 5) is 6.21. The molecular formula is C16H14N4. The lowest BCUT2D eigenvalue weighted by Gasteiger charge is -2.20. The molecule has 0 aliphatic rings. The highest BCUT2D eigenvalue weighted by Gasteiger charge is 2.11. The van der Waals surface area contributed by atoms with Crippen molar-refractivity contribution in [3.8, 4) is 12.1 Å². The molecule has 0 amide bonds. The Hall–Kier alpha value is -2.85. The predicted octanol–water partition coefficient (Wildman–Crippen LogP) is 2.77. The number of rotatable bonds is 3. The summed E-state index contributed by atoms with van der Waals surface area (Å²) in [6, 6.07) is 13.6. The number of benzene rings is 1. The molecule has 0 radical (unpaired) electrons. The Labute approximate surface area is 118 Å². The topological polar surface area (TPSA) is 63.7 Å². The second-order valence-corrected chi connectivity index (χ2v) is 4.61. The van der Waals surface area contributed by atoms with Crippen LogP contribution in [0.1, 0.15) is 22.3 Å². The fourth-order valence-corrected chi connectivity index (χ4v) is 2.06. The molecule has 4 heteroatoms. The molecule has 0 aliphatic carbocycles. The first-order valence-electron chi connectivity index (χ1n) is 6.21. The van der Waals surface area contributed by atoms with Crippen LogP contribution in [-0.4, -0.2) is 12.0 Å². The van der Waals surface area contributed by atoms with Crippen molar-refractivity contribution in [2.75, 3.05) is 11.9 Å². The molecule has 0 spiro atoms. The third-order valence-corrected chi connectivity index (χ3v) is 3.09. The molecule has 0 unspecified atom stereocenters. The van der Waals surface area contributed by atoms with Gasteiger partial charge in [-0.1, -0.05) is 12.1 Å². The minimum Gasteiger partial charge on any atom is -0.354 e. The van der Waals surface area contributed by atoms with Gasteiger partial charge in [0.1, 0.15) is 11.9 Å². The second kappa shape index (κ2) is 5.86. The van der Waals surface area contributed by atoms with Crippen LogP contribution in [0.2, 0.25) is 0 Å². The van der Waals surface area contributed by atoms with E-state index in [4.69, 9.17) is 5.26 Å². The SMILES string of the molecule is Cc1ccnc(N(C)Cc2cccc(C#N)c2)c1C#N. The molecule has 0 saturated carbocycles. The standard InChI is InChI=1S/C16H14N4/c1-12-6-7-19-16(15(12)10-18)20(2)11-14-5-3-4-13(8-14)9-17/h3-8H,11H2,1-2H3. The van der Waals surface area contributed by atoms with Gasteiger partial charge in [-0.25, -0.2) is 4.98 Å². The largest absolute Gasteiger partial charge is 0.354 e. The molecular weight excluding hydrogens is 248 g/mol. The molecule has 0 bridgehead atoms. The van der Waals surface area contributed by atoms with E-state index in [0.717, 1.165) is 11.1 Å². The average Bonchev–Trinajstić information content (AvgIpc) is 2.47. The van der Waals surface area contributed by atoms with Crippen LogP contribution < -0.4 is 4.90 Å². The van der Waals surface area contributed by atoms with E-state index in [9.17, 15) is 5.26 Å². The summed E-state index contributed by atoms with van der Waals surface area (Å²) in [7, 11) is 1.89. The second-order valence-electron chi connectivity index (χ2n) is 4.61. The molecule has 0 atom stereocenters. The van der Waals surface area contributed by atoms with E-state index >= 15 is 0 Å². The van der Waals surface area contributed by atoms with Gasteiger partial charge in [-0.2, -0.15) is 10.5 Å². The van der Waals surface area contributed by atoms with Gasteiger partial charge in [0, 0.05) is 19.8 Å². The summed E-state index contributed by atoms with van der Waals surface area (Å²) in [5.74, 6) is 0.662. The molecule has 1 aromatic carbocycles. The van der Waals surface area contributed by atoms with Gasteiger partial charge < -0.3 is 4.90 Å². The molecule has 20 heavy (non-hydrogen) atoms. The highest BCUT2D eigenvalue weighted by molar-refractivity contribution is 5.57. The average molecular weight is 262 g/mol. The Morgan fingerprint density at radius 3 is 2.70 bits per heavy atom. The van der Waals surface area contributed by atoms with Crippen LogP contribution in [0.25, 0.3) is 0 Å². The molecule has 98 valence electrons. The van der Waals surface area contributed by atoms with E-state index in [0.29, 0.717) is 23.5 Å². The number of aromatic nitrogens is 1. The van der Waals surface area contributed by atoms with E-state index in [1.165, 1.54) is 0 Å². The Morgan fingerprint density at radius 2 is 2.00 bits per heavy atom. The van der Waals surface area contributed by atoms with Crippen LogP contribution in [0.3, 0.4) is 0 Å². The third kappa shape index (κ3) is 2.76. The van der Waals surface area contributed by atoms with Gasteiger partial charge >= 0.3 is 0 Å². The summed E-state index contributed by atoms with van der Waals surface area (Å²) in [5.41, 5.74) is 3.15. The van der Waals surface area contributed by atoms with Crippen LogP contribution in [0.5, 0.6) is 0 Å². The molecule has 0 aliphatic heterocycles. The number of pyridine rings is 1. The lowest BCUT2D eigenvalue weighted by Crippen LogP contribution is -2.19. The zero-order valence-electron chi connectivity index (χ0n) is 11.5. The molecule has 0 fully saturated rings. The van der Waals surface area contributed by atoms with Gasteiger partial charge in [0.15, 0.2) is 0 Å². The maximum absolute atomic E-state index is 9.24. The van der Waals surface area contributed by atoms with E-state index < -0.39 is 0 Å². The van der Waals surface area contributed by atoms with Gasteiger partial charge in [-0.3, -0.25) is 0 Å². The van der Waals surface area contributed by atoms with Crippen molar-refractivity contribution in [3.05, 3.63) is 58.8 Å². The van der Waals surface area contributed by atoms with Crippen molar-refractivity contribution in [3.63, 3.8) is 0 Å². The van der Waals surface area contributed by atoms with Gasteiger partial charge in [0.25, 0.3) is 0 Å². The summed E-state index contributed by atoms with van der Waals surface area (Å²) < 4.78 is 0. The van der Waals surface area contributed by atoms with Crippen LogP contribution in [-0.2, 0) is 6.54 Å². The van der Waals surface area contributed by atoms with E-state index in [-0.39, 0.29) is 0 Å². The van der Waals surface area contributed by atoms with Crippen molar-refractivity contribution < 1.29 is 0 Å². The van der Waals surface area contributed by atoms with Crippen molar-refractivity contribution in [1.82, 2.24) is 4.98 Å². The van der Waals surface area contributed by atoms with Gasteiger partial charge in [-0.05, 0) is 36.2 Å². The van der Waals surface area contributed by atoms with Gasteiger partial charge in [-0.15, -0.1) is 0 Å². The Morgan fingerprint density at radius 1 is 1.20 bits per heavy atom. The van der Waals surface area contributed by atoms with E-state index in [1.54, 1.807) is 12.3 Å². The van der Waals surface area contributed by atoms with Crippen molar-refractivity contribution in [2.45, 2.75) is 13.5 Å². The van der Waals surface area contributed by atoms with Crippen molar-refractivity contribution in [1.29, 1.82) is 10.5 Å². The summed E-state index contributed by atoms with van der Waals surface area (Å²) >= 11 is 0. The zero-order chi connectivity index (χ0) is 14.5. The van der Waals surface area contributed by atoms with Crippen LogP contribution in [0.4, 0.5) is 5.82 Å².